The molecule has 5 heteroatoms. The number of amides is 1. The number of piperidine rings is 1. The molecular weight excluding hydrogens is 362 g/mol. The van der Waals surface area contributed by atoms with Crippen LogP contribution in [0.5, 0.6) is 0 Å². The molecule has 2 saturated heterocycles. The molecule has 1 aromatic rings. The van der Waals surface area contributed by atoms with Gasteiger partial charge in [0.1, 0.15) is 5.60 Å². The monoisotopic (exact) mass is 399 g/mol. The van der Waals surface area contributed by atoms with Gasteiger partial charge in [-0.15, -0.1) is 0 Å². The molecule has 160 valence electrons. The summed E-state index contributed by atoms with van der Waals surface area (Å²) in [7, 11) is 0. The number of piperazine rings is 1. The standard InChI is InChI=1S/C24H37N3O2/c1-24(2,3)29-23(28)27-14-11-22(12-15-27)20-26-18-16-25(17-19-26)13-7-10-21-8-5-4-6-9-21/h4-10,22H,11-20H2,1-3H3. The van der Waals surface area contributed by atoms with Crippen LogP contribution in [0.1, 0.15) is 39.2 Å². The van der Waals surface area contributed by atoms with E-state index in [1.165, 1.54) is 5.56 Å². The number of hydrogen-bond donors (Lipinski definition) is 0. The summed E-state index contributed by atoms with van der Waals surface area (Å²) in [6.45, 7) is 14.2. The van der Waals surface area contributed by atoms with E-state index < -0.39 is 5.60 Å². The lowest BCUT2D eigenvalue weighted by atomic mass is 9.96. The molecular formula is C24H37N3O2. The summed E-state index contributed by atoms with van der Waals surface area (Å²) in [5, 5.41) is 0. The molecule has 0 unspecified atom stereocenters. The summed E-state index contributed by atoms with van der Waals surface area (Å²) >= 11 is 0. The third kappa shape index (κ3) is 7.48. The Balaban J connectivity index is 1.32. The van der Waals surface area contributed by atoms with Crippen LogP contribution in [0.3, 0.4) is 0 Å². The van der Waals surface area contributed by atoms with Crippen molar-refractivity contribution >= 4 is 12.2 Å². The van der Waals surface area contributed by atoms with Crippen molar-refractivity contribution in [2.24, 2.45) is 5.92 Å². The van der Waals surface area contributed by atoms with Gasteiger partial charge >= 0.3 is 6.09 Å². The highest BCUT2D eigenvalue weighted by molar-refractivity contribution is 5.68. The first-order chi connectivity index (χ1) is 13.9. The van der Waals surface area contributed by atoms with E-state index in [0.717, 1.165) is 65.2 Å². The zero-order valence-corrected chi connectivity index (χ0v) is 18.3. The van der Waals surface area contributed by atoms with Gasteiger partial charge in [-0.25, -0.2) is 4.79 Å². The minimum absolute atomic E-state index is 0.159. The normalized spacial score (nSPS) is 20.3. The van der Waals surface area contributed by atoms with Crippen LogP contribution >= 0.6 is 0 Å². The van der Waals surface area contributed by atoms with E-state index in [2.05, 4.69) is 52.3 Å². The van der Waals surface area contributed by atoms with Crippen LogP contribution in [0, 0.1) is 5.92 Å². The summed E-state index contributed by atoms with van der Waals surface area (Å²) in [5.41, 5.74) is 0.855. The van der Waals surface area contributed by atoms with Crippen molar-refractivity contribution in [1.82, 2.24) is 14.7 Å². The first-order valence-electron chi connectivity index (χ1n) is 11.0. The molecule has 3 rings (SSSR count). The molecule has 2 aliphatic heterocycles. The van der Waals surface area contributed by atoms with Gasteiger partial charge in [0.05, 0.1) is 0 Å². The molecule has 1 aromatic carbocycles. The van der Waals surface area contributed by atoms with Crippen molar-refractivity contribution in [3.05, 3.63) is 42.0 Å². The van der Waals surface area contributed by atoms with Gasteiger partial charge in [-0.05, 0) is 45.1 Å². The van der Waals surface area contributed by atoms with E-state index in [0.29, 0.717) is 5.92 Å². The van der Waals surface area contributed by atoms with Crippen molar-refractivity contribution in [3.8, 4) is 0 Å². The van der Waals surface area contributed by atoms with Crippen LogP contribution in [0.25, 0.3) is 6.08 Å². The smallest absolute Gasteiger partial charge is 0.410 e. The lowest BCUT2D eigenvalue weighted by Gasteiger charge is -2.38. The quantitative estimate of drug-likeness (QED) is 0.751. The van der Waals surface area contributed by atoms with Gasteiger partial charge in [0.2, 0.25) is 0 Å². The molecule has 2 fully saturated rings. The topological polar surface area (TPSA) is 36.0 Å². The molecule has 0 aliphatic carbocycles. The van der Waals surface area contributed by atoms with Gasteiger partial charge in [-0.1, -0.05) is 42.5 Å². The van der Waals surface area contributed by atoms with E-state index in [-0.39, 0.29) is 6.09 Å². The average molecular weight is 400 g/mol. The first-order valence-corrected chi connectivity index (χ1v) is 11.0. The van der Waals surface area contributed by atoms with Crippen molar-refractivity contribution < 1.29 is 9.53 Å². The van der Waals surface area contributed by atoms with Crippen LogP contribution in [-0.2, 0) is 4.74 Å². The Hall–Kier alpha value is -1.85. The second kappa shape index (κ2) is 10.3. The highest BCUT2D eigenvalue weighted by atomic mass is 16.6. The highest BCUT2D eigenvalue weighted by Gasteiger charge is 2.28. The maximum absolute atomic E-state index is 12.2. The Morgan fingerprint density at radius 1 is 1.00 bits per heavy atom. The molecule has 0 aromatic heterocycles. The second-order valence-electron chi connectivity index (χ2n) is 9.33. The lowest BCUT2D eigenvalue weighted by molar-refractivity contribution is 0.0161. The minimum atomic E-state index is -0.413. The molecule has 0 atom stereocenters. The van der Waals surface area contributed by atoms with Gasteiger partial charge in [0, 0.05) is 52.4 Å². The van der Waals surface area contributed by atoms with Gasteiger partial charge in [0.15, 0.2) is 0 Å². The minimum Gasteiger partial charge on any atom is -0.444 e. The Bertz CT molecular complexity index is 652. The molecule has 0 spiro atoms. The third-order valence-corrected chi connectivity index (χ3v) is 5.72. The Morgan fingerprint density at radius 3 is 2.24 bits per heavy atom. The number of likely N-dealkylation sites (tertiary alicyclic amines) is 1. The summed E-state index contributed by atoms with van der Waals surface area (Å²) in [6, 6.07) is 10.5. The molecule has 29 heavy (non-hydrogen) atoms. The summed E-state index contributed by atoms with van der Waals surface area (Å²) in [5.74, 6) is 0.693. The summed E-state index contributed by atoms with van der Waals surface area (Å²) in [4.78, 5) is 19.2. The van der Waals surface area contributed by atoms with Crippen LogP contribution in [0.15, 0.2) is 36.4 Å². The van der Waals surface area contributed by atoms with Crippen LogP contribution in [-0.4, -0.2) is 78.8 Å². The van der Waals surface area contributed by atoms with Gasteiger partial charge in [-0.2, -0.15) is 0 Å². The number of nitrogens with zero attached hydrogens (tertiary/aromatic N) is 3. The molecule has 2 heterocycles. The zero-order valence-electron chi connectivity index (χ0n) is 18.3. The molecule has 0 bridgehead atoms. The number of ether oxygens (including phenoxy) is 1. The molecule has 2 aliphatic rings. The summed E-state index contributed by atoms with van der Waals surface area (Å²) in [6.07, 6.45) is 6.49. The zero-order chi connectivity index (χ0) is 20.7. The molecule has 0 N–H and O–H groups in total. The molecule has 5 nitrogen and oxygen atoms in total. The number of hydrogen-bond acceptors (Lipinski definition) is 4. The predicted octanol–water partition coefficient (Wildman–Crippen LogP) is 3.96. The largest absolute Gasteiger partial charge is 0.444 e. The Kier molecular flexibility index (Phi) is 7.73. The summed E-state index contributed by atoms with van der Waals surface area (Å²) < 4.78 is 5.50. The lowest BCUT2D eigenvalue weighted by Crippen LogP contribution is -2.49. The fourth-order valence-corrected chi connectivity index (χ4v) is 4.05. The maximum Gasteiger partial charge on any atom is 0.410 e. The molecule has 0 radical (unpaired) electrons. The van der Waals surface area contributed by atoms with E-state index in [1.807, 2.05) is 25.7 Å². The first kappa shape index (κ1) is 21.8. The predicted molar refractivity (Wildman–Crippen MR) is 119 cm³/mol. The number of carbonyl (C=O) groups excluding carboxylic acids is 1. The number of rotatable bonds is 5. The van der Waals surface area contributed by atoms with E-state index >= 15 is 0 Å². The van der Waals surface area contributed by atoms with Crippen LogP contribution in [0.2, 0.25) is 0 Å². The maximum atomic E-state index is 12.2. The third-order valence-electron chi connectivity index (χ3n) is 5.72. The van der Waals surface area contributed by atoms with Crippen LogP contribution in [0.4, 0.5) is 4.79 Å². The Morgan fingerprint density at radius 2 is 1.62 bits per heavy atom. The number of benzene rings is 1. The number of carbonyl (C=O) groups is 1. The van der Waals surface area contributed by atoms with Gasteiger partial charge in [-0.3, -0.25) is 4.90 Å². The van der Waals surface area contributed by atoms with Crippen LogP contribution < -0.4 is 0 Å². The molecule has 0 saturated carbocycles. The van der Waals surface area contributed by atoms with Crippen molar-refractivity contribution in [2.45, 2.75) is 39.2 Å². The van der Waals surface area contributed by atoms with E-state index in [1.54, 1.807) is 0 Å². The second-order valence-corrected chi connectivity index (χ2v) is 9.33. The van der Waals surface area contributed by atoms with E-state index in [4.69, 9.17) is 4.74 Å². The fraction of sp³-hybridized carbons (Fsp3) is 0.625. The SMILES string of the molecule is CC(C)(C)OC(=O)N1CCC(CN2CCN(CC=Cc3ccccc3)CC2)CC1. The van der Waals surface area contributed by atoms with Gasteiger partial charge < -0.3 is 14.5 Å². The fourth-order valence-electron chi connectivity index (χ4n) is 4.05. The molecule has 1 amide bonds. The van der Waals surface area contributed by atoms with Crippen molar-refractivity contribution in [1.29, 1.82) is 0 Å². The van der Waals surface area contributed by atoms with Gasteiger partial charge in [0.25, 0.3) is 0 Å². The van der Waals surface area contributed by atoms with E-state index in [9.17, 15) is 4.79 Å². The Labute approximate surface area is 176 Å². The average Bonchev–Trinajstić information content (AvgIpc) is 2.69. The van der Waals surface area contributed by atoms with Crippen molar-refractivity contribution in [2.75, 3.05) is 52.4 Å². The highest BCUT2D eigenvalue weighted by Crippen LogP contribution is 2.21. The van der Waals surface area contributed by atoms with Crippen molar-refractivity contribution in [3.63, 3.8) is 0 Å².